The molecule has 0 bridgehead atoms. The second-order valence-electron chi connectivity index (χ2n) is 6.87. The number of nitrogens with zero attached hydrogens (tertiary/aromatic N) is 3. The molecule has 1 amide bonds. The highest BCUT2D eigenvalue weighted by atomic mass is 32.2. The van der Waals surface area contributed by atoms with E-state index in [-0.39, 0.29) is 11.9 Å². The molecule has 6 heteroatoms. The summed E-state index contributed by atoms with van der Waals surface area (Å²) in [5.41, 5.74) is 1.96. The van der Waals surface area contributed by atoms with Crippen molar-refractivity contribution in [2.24, 2.45) is 5.92 Å². The minimum atomic E-state index is 0.0154. The van der Waals surface area contributed by atoms with Crippen molar-refractivity contribution in [2.45, 2.75) is 38.4 Å². The van der Waals surface area contributed by atoms with E-state index in [2.05, 4.69) is 36.3 Å². The molecular weight excluding hydrogens is 368 g/mol. The molecule has 0 spiro atoms. The van der Waals surface area contributed by atoms with Crippen LogP contribution in [-0.4, -0.2) is 32.5 Å². The molecule has 3 rings (SSSR count). The van der Waals surface area contributed by atoms with Gasteiger partial charge in [-0.25, -0.2) is 0 Å². The molecule has 0 saturated carbocycles. The quantitative estimate of drug-likeness (QED) is 0.568. The number of hydrogen-bond acceptors (Lipinski definition) is 4. The molecule has 1 heterocycles. The number of thioether (sulfide) groups is 1. The smallest absolute Gasteiger partial charge is 0.230 e. The van der Waals surface area contributed by atoms with Gasteiger partial charge < -0.3 is 5.32 Å². The predicted octanol–water partition coefficient (Wildman–Crippen LogP) is 4.58. The van der Waals surface area contributed by atoms with Gasteiger partial charge in [-0.05, 0) is 25.0 Å². The number of amides is 1. The Morgan fingerprint density at radius 1 is 1.04 bits per heavy atom. The van der Waals surface area contributed by atoms with Crippen molar-refractivity contribution >= 4 is 17.7 Å². The zero-order chi connectivity index (χ0) is 19.9. The van der Waals surface area contributed by atoms with Gasteiger partial charge in [0, 0.05) is 17.3 Å². The van der Waals surface area contributed by atoms with Crippen LogP contribution in [0.4, 0.5) is 0 Å². The SMILES string of the molecule is CCC(C)C(C)NC(=O)CSc1nnc(-c2ccccc2)n1-c1ccccc1. The molecule has 1 N–H and O–H groups in total. The lowest BCUT2D eigenvalue weighted by molar-refractivity contribution is -0.119. The van der Waals surface area contributed by atoms with Gasteiger partial charge in [0.25, 0.3) is 0 Å². The Hall–Kier alpha value is -2.60. The fourth-order valence-corrected chi connectivity index (χ4v) is 3.63. The number of nitrogens with one attached hydrogen (secondary N) is 1. The first-order valence-corrected chi connectivity index (χ1v) is 10.6. The van der Waals surface area contributed by atoms with E-state index in [0.29, 0.717) is 16.8 Å². The molecule has 0 fully saturated rings. The summed E-state index contributed by atoms with van der Waals surface area (Å²) < 4.78 is 2.01. The number of hydrogen-bond donors (Lipinski definition) is 1. The Kier molecular flexibility index (Phi) is 6.87. The number of benzene rings is 2. The summed E-state index contributed by atoms with van der Waals surface area (Å²) in [4.78, 5) is 12.4. The maximum absolute atomic E-state index is 12.4. The molecule has 0 aliphatic rings. The van der Waals surface area contributed by atoms with Gasteiger partial charge in [0.2, 0.25) is 5.91 Å². The first-order valence-electron chi connectivity index (χ1n) is 9.58. The van der Waals surface area contributed by atoms with Crippen LogP contribution in [0.3, 0.4) is 0 Å². The van der Waals surface area contributed by atoms with Crippen molar-refractivity contribution in [1.29, 1.82) is 0 Å². The first-order chi connectivity index (χ1) is 13.6. The average Bonchev–Trinajstić information content (AvgIpc) is 3.16. The van der Waals surface area contributed by atoms with E-state index < -0.39 is 0 Å². The third-order valence-corrected chi connectivity index (χ3v) is 5.83. The zero-order valence-electron chi connectivity index (χ0n) is 16.5. The summed E-state index contributed by atoms with van der Waals surface area (Å²) in [6, 6.07) is 20.1. The van der Waals surface area contributed by atoms with Crippen molar-refractivity contribution in [3.8, 4) is 17.1 Å². The summed E-state index contributed by atoms with van der Waals surface area (Å²) in [6.45, 7) is 6.34. The van der Waals surface area contributed by atoms with Crippen molar-refractivity contribution in [2.75, 3.05) is 5.75 Å². The van der Waals surface area contributed by atoms with Gasteiger partial charge >= 0.3 is 0 Å². The molecule has 2 unspecified atom stereocenters. The normalized spacial score (nSPS) is 13.1. The van der Waals surface area contributed by atoms with Crippen molar-refractivity contribution in [3.63, 3.8) is 0 Å². The standard InChI is InChI=1S/C22H26N4OS/c1-4-16(2)17(3)23-20(27)15-28-22-25-24-21(18-11-7-5-8-12-18)26(22)19-13-9-6-10-14-19/h5-14,16-17H,4,15H2,1-3H3,(H,23,27). The Bertz CT molecular complexity index is 895. The van der Waals surface area contributed by atoms with Gasteiger partial charge in [0.15, 0.2) is 11.0 Å². The number of aromatic nitrogens is 3. The number of rotatable bonds is 8. The fourth-order valence-electron chi connectivity index (χ4n) is 2.87. The van der Waals surface area contributed by atoms with Gasteiger partial charge in [-0.15, -0.1) is 10.2 Å². The third kappa shape index (κ3) is 4.81. The predicted molar refractivity (Wildman–Crippen MR) is 115 cm³/mol. The molecule has 0 aliphatic heterocycles. The number of carbonyl (C=O) groups excluding carboxylic acids is 1. The van der Waals surface area contributed by atoms with Crippen LogP contribution >= 0.6 is 11.8 Å². The third-order valence-electron chi connectivity index (χ3n) is 4.90. The molecule has 2 atom stereocenters. The van der Waals surface area contributed by atoms with E-state index in [4.69, 9.17) is 0 Å². The van der Waals surface area contributed by atoms with E-state index in [0.717, 1.165) is 23.5 Å². The van der Waals surface area contributed by atoms with Gasteiger partial charge in [-0.3, -0.25) is 9.36 Å². The summed E-state index contributed by atoms with van der Waals surface area (Å²) in [5, 5.41) is 12.6. The van der Waals surface area contributed by atoms with Crippen molar-refractivity contribution in [3.05, 3.63) is 60.7 Å². The second-order valence-corrected chi connectivity index (χ2v) is 7.82. The van der Waals surface area contributed by atoms with Crippen LogP contribution in [0.2, 0.25) is 0 Å². The van der Waals surface area contributed by atoms with Crippen LogP contribution < -0.4 is 5.32 Å². The van der Waals surface area contributed by atoms with E-state index in [1.807, 2.05) is 65.2 Å². The lowest BCUT2D eigenvalue weighted by Gasteiger charge is -2.19. The first kappa shape index (κ1) is 20.1. The van der Waals surface area contributed by atoms with Gasteiger partial charge in [-0.2, -0.15) is 0 Å². The summed E-state index contributed by atoms with van der Waals surface area (Å²) >= 11 is 1.40. The topological polar surface area (TPSA) is 59.8 Å². The maximum Gasteiger partial charge on any atom is 0.230 e. The molecule has 2 aromatic carbocycles. The van der Waals surface area contributed by atoms with E-state index in [1.54, 1.807) is 0 Å². The van der Waals surface area contributed by atoms with E-state index in [9.17, 15) is 4.79 Å². The van der Waals surface area contributed by atoms with Crippen LogP contribution in [0.25, 0.3) is 17.1 Å². The average molecular weight is 395 g/mol. The molecular formula is C22H26N4OS. The van der Waals surface area contributed by atoms with Crippen molar-refractivity contribution < 1.29 is 4.79 Å². The number of para-hydroxylation sites is 1. The maximum atomic E-state index is 12.4. The lowest BCUT2D eigenvalue weighted by Crippen LogP contribution is -2.37. The lowest BCUT2D eigenvalue weighted by atomic mass is 10.0. The molecule has 146 valence electrons. The van der Waals surface area contributed by atoms with E-state index in [1.165, 1.54) is 11.8 Å². The van der Waals surface area contributed by atoms with Crippen molar-refractivity contribution in [1.82, 2.24) is 20.1 Å². The molecule has 0 radical (unpaired) electrons. The monoisotopic (exact) mass is 394 g/mol. The molecule has 3 aromatic rings. The highest BCUT2D eigenvalue weighted by Crippen LogP contribution is 2.27. The Balaban J connectivity index is 1.82. The van der Waals surface area contributed by atoms with Crippen LogP contribution in [-0.2, 0) is 4.79 Å². The second kappa shape index (κ2) is 9.55. The Morgan fingerprint density at radius 2 is 1.68 bits per heavy atom. The minimum absolute atomic E-state index is 0.0154. The molecule has 0 saturated heterocycles. The fraction of sp³-hybridized carbons (Fsp3) is 0.318. The highest BCUT2D eigenvalue weighted by Gasteiger charge is 2.18. The summed E-state index contributed by atoms with van der Waals surface area (Å²) in [6.07, 6.45) is 1.04. The van der Waals surface area contributed by atoms with Crippen LogP contribution in [0.1, 0.15) is 27.2 Å². The largest absolute Gasteiger partial charge is 0.353 e. The number of carbonyl (C=O) groups is 1. The molecule has 0 aliphatic carbocycles. The van der Waals surface area contributed by atoms with E-state index >= 15 is 0 Å². The van der Waals surface area contributed by atoms with Crippen LogP contribution in [0.5, 0.6) is 0 Å². The summed E-state index contributed by atoms with van der Waals surface area (Å²) in [5.74, 6) is 1.54. The van der Waals surface area contributed by atoms with Crippen LogP contribution in [0, 0.1) is 5.92 Å². The zero-order valence-corrected chi connectivity index (χ0v) is 17.3. The Labute approximate surface area is 170 Å². The molecule has 1 aromatic heterocycles. The van der Waals surface area contributed by atoms with Gasteiger partial charge in [0.05, 0.1) is 5.75 Å². The van der Waals surface area contributed by atoms with Crippen LogP contribution in [0.15, 0.2) is 65.8 Å². The summed E-state index contributed by atoms with van der Waals surface area (Å²) in [7, 11) is 0. The van der Waals surface area contributed by atoms with Gasteiger partial charge in [-0.1, -0.05) is 80.6 Å². The highest BCUT2D eigenvalue weighted by molar-refractivity contribution is 7.99. The Morgan fingerprint density at radius 3 is 2.32 bits per heavy atom. The molecule has 28 heavy (non-hydrogen) atoms. The minimum Gasteiger partial charge on any atom is -0.353 e. The van der Waals surface area contributed by atoms with Gasteiger partial charge in [0.1, 0.15) is 0 Å². The molecule has 5 nitrogen and oxygen atoms in total.